The first-order valence-electron chi connectivity index (χ1n) is 32.3. The van der Waals surface area contributed by atoms with Gasteiger partial charge in [0.15, 0.2) is 17.7 Å². The fraction of sp³-hybridized carbons (Fsp3) is 0.522. The molecule has 2 aromatic heterocycles. The lowest BCUT2D eigenvalue weighted by Gasteiger charge is -2.30. The highest BCUT2D eigenvalue weighted by Crippen LogP contribution is 2.42. The number of hydrogen-bond donors (Lipinski definition) is 3. The molecule has 482 valence electrons. The Balaban J connectivity index is 1.23. The molecule has 0 fully saturated rings. The van der Waals surface area contributed by atoms with Crippen molar-refractivity contribution in [2.24, 2.45) is 0 Å². The average Bonchev–Trinajstić information content (AvgIpc) is 1.50. The number of non-ortho nitro benzene ring substituents is 1. The van der Waals surface area contributed by atoms with Gasteiger partial charge in [-0.2, -0.15) is 0 Å². The predicted octanol–water partition coefficient (Wildman–Crippen LogP) is 16.0. The number of allylic oxidation sites excluding steroid dienone is 2. The fourth-order valence-corrected chi connectivity index (χ4v) is 11.2. The number of nitrogens with zero attached hydrogens (tertiary/aromatic N) is 7. The molecule has 1 aliphatic rings. The summed E-state index contributed by atoms with van der Waals surface area (Å²) < 4.78 is 36.3. The van der Waals surface area contributed by atoms with Gasteiger partial charge in [-0.25, -0.2) is 18.7 Å². The zero-order valence-corrected chi connectivity index (χ0v) is 53.4. The highest BCUT2D eigenvalue weighted by Gasteiger charge is 2.36. The minimum atomic E-state index is -5.21. The van der Waals surface area contributed by atoms with E-state index in [0.717, 1.165) is 63.4 Å². The van der Waals surface area contributed by atoms with Gasteiger partial charge in [0.25, 0.3) is 0 Å². The Morgan fingerprint density at radius 2 is 1.34 bits per heavy atom. The number of carbonyl (C=O) groups excluding carboxylic acids is 3. The van der Waals surface area contributed by atoms with Crippen molar-refractivity contribution in [3.8, 4) is 22.5 Å². The number of esters is 2. The third-order valence-corrected chi connectivity index (χ3v) is 16.2. The second kappa shape index (κ2) is 40.0. The Bertz CT molecular complexity index is 3440. The number of phosphoric acid groups is 1. The van der Waals surface area contributed by atoms with Gasteiger partial charge in [-0.15, -0.1) is 5.10 Å². The molecule has 21 heteroatoms. The Kier molecular flexibility index (Phi) is 31.6. The molecule has 1 amide bonds. The summed E-state index contributed by atoms with van der Waals surface area (Å²) >= 11 is 0. The summed E-state index contributed by atoms with van der Waals surface area (Å²) in [5, 5.41) is 31.6. The molecule has 0 spiro atoms. The van der Waals surface area contributed by atoms with Crippen LogP contribution in [0.25, 0.3) is 33.5 Å². The van der Waals surface area contributed by atoms with Crippen LogP contribution in [0.1, 0.15) is 199 Å². The number of ether oxygens (including phenoxy) is 2. The summed E-state index contributed by atoms with van der Waals surface area (Å²) in [6.45, 7) is 7.34. The lowest BCUT2D eigenvalue weighted by Crippen LogP contribution is -2.42. The van der Waals surface area contributed by atoms with Crippen LogP contribution in [-0.2, 0) is 46.0 Å². The first-order valence-corrected chi connectivity index (χ1v) is 33.8. The number of nitro groups is 1. The molecule has 1 aliphatic heterocycles. The molecular formula is C69H89N8O12P. The van der Waals surface area contributed by atoms with Crippen molar-refractivity contribution >= 4 is 53.8 Å². The number of phosphoric ester groups is 1. The zero-order valence-electron chi connectivity index (χ0n) is 52.5. The van der Waals surface area contributed by atoms with Crippen LogP contribution in [0.5, 0.6) is 0 Å². The Hall–Kier alpha value is -7.92. The summed E-state index contributed by atoms with van der Waals surface area (Å²) in [7, 11) is -5.21. The number of fused-ring (bicyclic) bond motifs is 6. The van der Waals surface area contributed by atoms with Crippen molar-refractivity contribution in [2.45, 2.75) is 219 Å². The summed E-state index contributed by atoms with van der Waals surface area (Å²) in [6, 6.07) is 17.8. The van der Waals surface area contributed by atoms with Gasteiger partial charge in [0, 0.05) is 43.0 Å². The normalized spacial score (nSPS) is 12.4. The van der Waals surface area contributed by atoms with E-state index in [1.807, 2.05) is 60.7 Å². The fourth-order valence-electron chi connectivity index (χ4n) is 10.9. The van der Waals surface area contributed by atoms with E-state index in [-0.39, 0.29) is 60.6 Å². The zero-order chi connectivity index (χ0) is 64.2. The van der Waals surface area contributed by atoms with Crippen LogP contribution in [-0.4, -0.2) is 83.2 Å². The Labute approximate surface area is 529 Å². The summed E-state index contributed by atoms with van der Waals surface area (Å²) in [6.07, 6.45) is 27.6. The van der Waals surface area contributed by atoms with E-state index in [1.54, 1.807) is 11.0 Å². The molecule has 0 radical (unpaired) electrons. The van der Waals surface area contributed by atoms with Crippen molar-refractivity contribution < 1.29 is 52.3 Å². The second-order valence-electron chi connectivity index (χ2n) is 22.7. The molecule has 2 atom stereocenters. The number of nitro benzene ring substituents is 1. The smallest absolute Gasteiger partial charge is 0.456 e. The summed E-state index contributed by atoms with van der Waals surface area (Å²) in [5.41, 5.74) is 19.6. The van der Waals surface area contributed by atoms with E-state index < -0.39 is 43.5 Å². The number of carbonyl (C=O) groups is 3. The summed E-state index contributed by atoms with van der Waals surface area (Å²) in [4.78, 5) is 75.9. The van der Waals surface area contributed by atoms with E-state index in [2.05, 4.69) is 75.7 Å². The quantitative estimate of drug-likeness (QED) is 0.00479. The number of rotatable bonds is 42. The minimum Gasteiger partial charge on any atom is -0.456 e. The van der Waals surface area contributed by atoms with Crippen molar-refractivity contribution in [3.05, 3.63) is 135 Å². The highest BCUT2D eigenvalue weighted by molar-refractivity contribution is 7.46. The third-order valence-electron chi connectivity index (χ3n) is 15.7. The van der Waals surface area contributed by atoms with Gasteiger partial charge in [-0.1, -0.05) is 208 Å². The molecule has 3 aromatic carbocycles. The molecule has 0 unspecified atom stereocenters. The SMILES string of the molecule is C=C=C=C=C=C=C=C(C/C=C\CCCCCCCC)C(=O)O[C@@H](COP(=O)(O)O)[C@H](Cn1nnc2c1-c1ccccc1CN(C(=O)CCCCCNc1ccc([N+](=O)[O-])c3nonc13)c1ccccc1-2)OC(=O)CCCCCCCCCCCCCCCCC. The molecule has 3 N–H and O–H groups in total. The topological polar surface area (TPSA) is 264 Å². The van der Waals surface area contributed by atoms with Crippen LogP contribution in [0.15, 0.2) is 124 Å². The molecule has 0 saturated carbocycles. The van der Waals surface area contributed by atoms with Gasteiger partial charge in [-0.05, 0) is 95.3 Å². The Morgan fingerprint density at radius 3 is 2.02 bits per heavy atom. The monoisotopic (exact) mass is 1250 g/mol. The maximum absolute atomic E-state index is 14.5. The van der Waals surface area contributed by atoms with Gasteiger partial charge in [-0.3, -0.25) is 24.2 Å². The number of hydrogen-bond acceptors (Lipinski definition) is 15. The first kappa shape index (κ1) is 71.2. The number of anilines is 2. The number of benzene rings is 3. The number of amides is 1. The van der Waals surface area contributed by atoms with Crippen LogP contribution in [0.2, 0.25) is 0 Å². The first-order chi connectivity index (χ1) is 43.8. The van der Waals surface area contributed by atoms with E-state index in [0.29, 0.717) is 66.1 Å². The van der Waals surface area contributed by atoms with Gasteiger partial charge in [0.2, 0.25) is 11.4 Å². The lowest BCUT2D eigenvalue weighted by atomic mass is 9.95. The number of nitrogens with one attached hydrogen (secondary N) is 1. The third kappa shape index (κ3) is 24.1. The van der Waals surface area contributed by atoms with Gasteiger partial charge in [0.05, 0.1) is 47.3 Å². The summed E-state index contributed by atoms with van der Waals surface area (Å²) in [5.74, 6) is -1.69. The van der Waals surface area contributed by atoms with Crippen molar-refractivity contribution in [3.63, 3.8) is 0 Å². The molecule has 20 nitrogen and oxygen atoms in total. The van der Waals surface area contributed by atoms with E-state index in [1.165, 1.54) is 87.8 Å². The maximum atomic E-state index is 14.5. The van der Waals surface area contributed by atoms with Crippen LogP contribution in [0.3, 0.4) is 0 Å². The molecule has 90 heavy (non-hydrogen) atoms. The molecule has 0 aliphatic carbocycles. The van der Waals surface area contributed by atoms with Crippen molar-refractivity contribution in [1.29, 1.82) is 0 Å². The second-order valence-corrected chi connectivity index (χ2v) is 23.9. The van der Waals surface area contributed by atoms with Gasteiger partial charge in [0.1, 0.15) is 5.69 Å². The Morgan fingerprint density at radius 1 is 0.733 bits per heavy atom. The number of unbranched alkanes of at least 4 members (excludes halogenated alkanes) is 22. The van der Waals surface area contributed by atoms with Crippen LogP contribution in [0.4, 0.5) is 17.1 Å². The predicted molar refractivity (Wildman–Crippen MR) is 347 cm³/mol. The van der Waals surface area contributed by atoms with E-state index in [4.69, 9.17) is 23.7 Å². The van der Waals surface area contributed by atoms with Crippen LogP contribution in [0, 0.1) is 10.1 Å². The molecule has 0 bridgehead atoms. The van der Waals surface area contributed by atoms with Crippen molar-refractivity contribution in [2.75, 3.05) is 23.4 Å². The maximum Gasteiger partial charge on any atom is 0.469 e. The van der Waals surface area contributed by atoms with E-state index >= 15 is 0 Å². The molecule has 0 saturated heterocycles. The van der Waals surface area contributed by atoms with Gasteiger partial charge < -0.3 is 29.5 Å². The van der Waals surface area contributed by atoms with Crippen LogP contribution >= 0.6 is 7.82 Å². The molecule has 5 aromatic rings. The van der Waals surface area contributed by atoms with Crippen LogP contribution < -0.4 is 10.2 Å². The standard InChI is InChI=1S/C69H89N8O12P/c1-4-7-10-13-15-17-18-19-20-21-22-24-26-29-34-47-64(79)87-61(62(53-86-90(83,84)85)88-69(80)54(40-31-27-12-9-6-3)41-32-28-25-23-16-14-11-8-5-2)52-76-68-56-43-36-35-42-55(56)51-75(59-45-38-37-44-57(59)65(68)71-74-76)63(78)46-33-30-39-50-70-58-48-49-60(77(81)82)67-66(58)72-89-73-67/h28,32,35-38,42-45,48-49,61-62,70H,3-5,7-8,10-11,13-26,29-30,33-34,39,41,46-47,50-53H2,1-2H3,(H2,83,84,85)/b32-28-/t61-,62-/m0/s1. The molecule has 6 rings (SSSR count). The minimum absolute atomic E-state index is 0.0190. The molecule has 3 heterocycles. The number of aromatic nitrogens is 5. The highest BCUT2D eigenvalue weighted by atomic mass is 31.2. The van der Waals surface area contributed by atoms with E-state index in [9.17, 15) is 38.8 Å². The number of para-hydroxylation sites is 1. The van der Waals surface area contributed by atoms with Crippen molar-refractivity contribution in [1.82, 2.24) is 25.3 Å². The van der Waals surface area contributed by atoms with Gasteiger partial charge >= 0.3 is 25.4 Å². The largest absolute Gasteiger partial charge is 0.469 e. The lowest BCUT2D eigenvalue weighted by molar-refractivity contribution is -0.383. The molecular weight excluding hydrogens is 1160 g/mol. The average molecular weight is 1250 g/mol.